The molecule has 2 aromatic carbocycles. The van der Waals surface area contributed by atoms with Crippen molar-refractivity contribution in [3.8, 4) is 22.8 Å². The number of para-hydroxylation sites is 2. The van der Waals surface area contributed by atoms with Crippen molar-refractivity contribution in [1.82, 2.24) is 4.98 Å². The second-order valence-electron chi connectivity index (χ2n) is 5.37. The third kappa shape index (κ3) is 4.05. The molecule has 0 aliphatic rings. The van der Waals surface area contributed by atoms with Gasteiger partial charge < -0.3 is 13.9 Å². The number of aryl methyl sites for hydroxylation is 1. The first kappa shape index (κ1) is 17.6. The SMILES string of the molecule is COc1ccccc1OC(=O)CCc1ncc(-c2ccc(F)cc2F)o1. The van der Waals surface area contributed by atoms with E-state index in [0.717, 1.165) is 12.1 Å². The maximum Gasteiger partial charge on any atom is 0.311 e. The average Bonchev–Trinajstić information content (AvgIpc) is 3.09. The van der Waals surface area contributed by atoms with E-state index in [1.54, 1.807) is 24.3 Å². The quantitative estimate of drug-likeness (QED) is 0.488. The number of hydrogen-bond acceptors (Lipinski definition) is 5. The molecule has 0 bridgehead atoms. The molecular formula is C19H15F2NO4. The number of nitrogens with zero attached hydrogens (tertiary/aromatic N) is 1. The molecule has 1 aromatic heterocycles. The van der Waals surface area contributed by atoms with Gasteiger partial charge >= 0.3 is 5.97 Å². The molecule has 0 aliphatic carbocycles. The van der Waals surface area contributed by atoms with Gasteiger partial charge in [-0.25, -0.2) is 13.8 Å². The first-order valence-corrected chi connectivity index (χ1v) is 7.80. The summed E-state index contributed by atoms with van der Waals surface area (Å²) in [6.45, 7) is 0. The van der Waals surface area contributed by atoms with Crippen LogP contribution in [0.15, 0.2) is 53.1 Å². The summed E-state index contributed by atoms with van der Waals surface area (Å²) < 4.78 is 42.5. The van der Waals surface area contributed by atoms with Gasteiger partial charge in [0.2, 0.25) is 0 Å². The summed E-state index contributed by atoms with van der Waals surface area (Å²) in [5.41, 5.74) is 0.0988. The van der Waals surface area contributed by atoms with E-state index in [4.69, 9.17) is 13.9 Å². The van der Waals surface area contributed by atoms with Crippen LogP contribution in [0.25, 0.3) is 11.3 Å². The van der Waals surface area contributed by atoms with Crippen molar-refractivity contribution < 1.29 is 27.5 Å². The molecule has 0 unspecified atom stereocenters. The Labute approximate surface area is 148 Å². The van der Waals surface area contributed by atoms with Crippen LogP contribution < -0.4 is 9.47 Å². The molecule has 0 spiro atoms. The van der Waals surface area contributed by atoms with E-state index in [0.29, 0.717) is 11.5 Å². The van der Waals surface area contributed by atoms with Gasteiger partial charge in [0.15, 0.2) is 23.1 Å². The van der Waals surface area contributed by atoms with E-state index in [1.807, 2.05) is 0 Å². The second-order valence-corrected chi connectivity index (χ2v) is 5.37. The predicted octanol–water partition coefficient (Wildman–Crippen LogP) is 4.17. The maximum atomic E-state index is 13.8. The zero-order chi connectivity index (χ0) is 18.5. The Bertz CT molecular complexity index is 923. The van der Waals surface area contributed by atoms with Crippen LogP contribution in [-0.2, 0) is 11.2 Å². The molecule has 0 amide bonds. The lowest BCUT2D eigenvalue weighted by Gasteiger charge is -2.08. The van der Waals surface area contributed by atoms with E-state index >= 15 is 0 Å². The number of carbonyl (C=O) groups excluding carboxylic acids is 1. The molecule has 0 N–H and O–H groups in total. The molecule has 5 nitrogen and oxygen atoms in total. The molecule has 0 saturated carbocycles. The van der Waals surface area contributed by atoms with Crippen LogP contribution in [0.5, 0.6) is 11.5 Å². The Morgan fingerprint density at radius 2 is 1.92 bits per heavy atom. The number of oxazole rings is 1. The first-order valence-electron chi connectivity index (χ1n) is 7.80. The van der Waals surface area contributed by atoms with E-state index < -0.39 is 17.6 Å². The van der Waals surface area contributed by atoms with Gasteiger partial charge in [-0.2, -0.15) is 0 Å². The minimum atomic E-state index is -0.747. The van der Waals surface area contributed by atoms with Crippen LogP contribution in [0.1, 0.15) is 12.3 Å². The number of carbonyl (C=O) groups is 1. The fourth-order valence-corrected chi connectivity index (χ4v) is 2.33. The van der Waals surface area contributed by atoms with Crippen LogP contribution >= 0.6 is 0 Å². The molecule has 0 saturated heterocycles. The fourth-order valence-electron chi connectivity index (χ4n) is 2.33. The predicted molar refractivity (Wildman–Crippen MR) is 88.8 cm³/mol. The number of halogens is 2. The van der Waals surface area contributed by atoms with Crippen LogP contribution in [0.3, 0.4) is 0 Å². The molecule has 3 rings (SSSR count). The zero-order valence-electron chi connectivity index (χ0n) is 13.9. The Kier molecular flexibility index (Phi) is 5.26. The van der Waals surface area contributed by atoms with Gasteiger partial charge in [0, 0.05) is 12.5 Å². The van der Waals surface area contributed by atoms with Crippen LogP contribution in [-0.4, -0.2) is 18.1 Å². The number of benzene rings is 2. The van der Waals surface area contributed by atoms with Gasteiger partial charge in [0.05, 0.1) is 25.3 Å². The summed E-state index contributed by atoms with van der Waals surface area (Å²) in [6, 6.07) is 9.96. The molecule has 134 valence electrons. The van der Waals surface area contributed by atoms with Gasteiger partial charge in [0.1, 0.15) is 11.6 Å². The molecule has 26 heavy (non-hydrogen) atoms. The molecule has 0 radical (unpaired) electrons. The van der Waals surface area contributed by atoms with Gasteiger partial charge in [-0.3, -0.25) is 4.79 Å². The van der Waals surface area contributed by atoms with Crippen LogP contribution in [0.4, 0.5) is 8.78 Å². The van der Waals surface area contributed by atoms with Crippen molar-refractivity contribution in [2.24, 2.45) is 0 Å². The number of aromatic nitrogens is 1. The molecule has 3 aromatic rings. The lowest BCUT2D eigenvalue weighted by atomic mass is 10.2. The minimum Gasteiger partial charge on any atom is -0.493 e. The summed E-state index contributed by atoms with van der Waals surface area (Å²) in [4.78, 5) is 16.0. The summed E-state index contributed by atoms with van der Waals surface area (Å²) in [7, 11) is 1.48. The smallest absolute Gasteiger partial charge is 0.311 e. The minimum absolute atomic E-state index is 0.0178. The standard InChI is InChI=1S/C19H15F2NO4/c1-24-15-4-2-3-5-16(15)26-19(23)9-8-18-22-11-17(25-18)13-7-6-12(20)10-14(13)21/h2-7,10-11H,8-9H2,1H3. The Hall–Kier alpha value is -3.22. The normalized spacial score (nSPS) is 10.6. The molecule has 0 aliphatic heterocycles. The van der Waals surface area contributed by atoms with Crippen LogP contribution in [0, 0.1) is 11.6 Å². The van der Waals surface area contributed by atoms with Crippen molar-refractivity contribution in [2.45, 2.75) is 12.8 Å². The first-order chi connectivity index (χ1) is 12.6. The van der Waals surface area contributed by atoms with Crippen molar-refractivity contribution >= 4 is 5.97 Å². The molecular weight excluding hydrogens is 344 g/mol. The summed E-state index contributed by atoms with van der Waals surface area (Å²) in [5.74, 6) is -0.723. The number of methoxy groups -OCH3 is 1. The highest BCUT2D eigenvalue weighted by Crippen LogP contribution is 2.27. The lowest BCUT2D eigenvalue weighted by molar-refractivity contribution is -0.134. The Balaban J connectivity index is 1.62. The lowest BCUT2D eigenvalue weighted by Crippen LogP contribution is -2.09. The fraction of sp³-hybridized carbons (Fsp3) is 0.158. The number of esters is 1. The number of hydrogen-bond donors (Lipinski definition) is 0. The largest absolute Gasteiger partial charge is 0.493 e. The molecule has 0 atom stereocenters. The highest BCUT2D eigenvalue weighted by atomic mass is 19.1. The molecule has 7 heteroatoms. The summed E-state index contributed by atoms with van der Waals surface area (Å²) >= 11 is 0. The molecule has 1 heterocycles. The molecule has 0 fully saturated rings. The number of rotatable bonds is 6. The average molecular weight is 359 g/mol. The Morgan fingerprint density at radius 1 is 1.15 bits per heavy atom. The maximum absolute atomic E-state index is 13.8. The highest BCUT2D eigenvalue weighted by molar-refractivity contribution is 5.73. The summed E-state index contributed by atoms with van der Waals surface area (Å²) in [6.07, 6.45) is 1.53. The van der Waals surface area contributed by atoms with Gasteiger partial charge in [-0.15, -0.1) is 0 Å². The van der Waals surface area contributed by atoms with E-state index in [-0.39, 0.29) is 30.1 Å². The van der Waals surface area contributed by atoms with E-state index in [1.165, 1.54) is 19.4 Å². The van der Waals surface area contributed by atoms with Gasteiger partial charge in [-0.05, 0) is 24.3 Å². The van der Waals surface area contributed by atoms with Crippen molar-refractivity contribution in [1.29, 1.82) is 0 Å². The topological polar surface area (TPSA) is 61.6 Å². The van der Waals surface area contributed by atoms with E-state index in [9.17, 15) is 13.6 Å². The third-order valence-corrected chi connectivity index (χ3v) is 3.59. The zero-order valence-corrected chi connectivity index (χ0v) is 13.9. The summed E-state index contributed by atoms with van der Waals surface area (Å²) in [5, 5.41) is 0. The third-order valence-electron chi connectivity index (χ3n) is 3.59. The second kappa shape index (κ2) is 7.77. The monoisotopic (exact) mass is 359 g/mol. The van der Waals surface area contributed by atoms with Crippen LogP contribution in [0.2, 0.25) is 0 Å². The highest BCUT2D eigenvalue weighted by Gasteiger charge is 2.14. The Morgan fingerprint density at radius 3 is 2.65 bits per heavy atom. The van der Waals surface area contributed by atoms with Crippen molar-refractivity contribution in [2.75, 3.05) is 7.11 Å². The number of ether oxygens (including phenoxy) is 2. The van der Waals surface area contributed by atoms with Gasteiger partial charge in [-0.1, -0.05) is 12.1 Å². The van der Waals surface area contributed by atoms with Gasteiger partial charge in [0.25, 0.3) is 0 Å². The van der Waals surface area contributed by atoms with E-state index in [2.05, 4.69) is 4.98 Å². The van der Waals surface area contributed by atoms with Crippen molar-refractivity contribution in [3.63, 3.8) is 0 Å². The van der Waals surface area contributed by atoms with Crippen molar-refractivity contribution in [3.05, 3.63) is 66.2 Å².